The van der Waals surface area contributed by atoms with Crippen molar-refractivity contribution >= 4 is 15.7 Å². The molecule has 25 heavy (non-hydrogen) atoms. The average Bonchev–Trinajstić information content (AvgIpc) is 2.96. The van der Waals surface area contributed by atoms with E-state index >= 15 is 0 Å². The van der Waals surface area contributed by atoms with Gasteiger partial charge in [-0.3, -0.25) is 9.78 Å². The standard InChI is InChI=1S/C18H19FN2O3S/c1-21(17-7-9-25(23,24)12-17)18(22)14-6-8-20-16(11-14)10-13-2-4-15(19)5-3-13/h2-6,8,11,17H,7,9-10,12H2,1H3/t17-/m0/s1. The van der Waals surface area contributed by atoms with E-state index in [2.05, 4.69) is 4.98 Å². The van der Waals surface area contributed by atoms with Gasteiger partial charge in [0.25, 0.3) is 5.91 Å². The van der Waals surface area contributed by atoms with E-state index in [0.29, 0.717) is 24.1 Å². The van der Waals surface area contributed by atoms with Crippen LogP contribution in [0.3, 0.4) is 0 Å². The molecule has 0 bridgehead atoms. The Morgan fingerprint density at radius 3 is 2.64 bits per heavy atom. The lowest BCUT2D eigenvalue weighted by atomic mass is 10.1. The van der Waals surface area contributed by atoms with Gasteiger partial charge < -0.3 is 4.90 Å². The fraction of sp³-hybridized carbons (Fsp3) is 0.333. The molecule has 0 N–H and O–H groups in total. The topological polar surface area (TPSA) is 67.3 Å². The van der Waals surface area contributed by atoms with E-state index in [1.54, 1.807) is 37.5 Å². The Bertz CT molecular complexity index is 881. The van der Waals surface area contributed by atoms with Crippen LogP contribution in [-0.4, -0.2) is 48.8 Å². The van der Waals surface area contributed by atoms with Crippen LogP contribution in [0, 0.1) is 5.82 Å². The van der Waals surface area contributed by atoms with Crippen LogP contribution in [0.2, 0.25) is 0 Å². The number of carbonyl (C=O) groups is 1. The van der Waals surface area contributed by atoms with Gasteiger partial charge in [-0.05, 0) is 36.2 Å². The molecule has 2 heterocycles. The van der Waals surface area contributed by atoms with Gasteiger partial charge in [-0.1, -0.05) is 12.1 Å². The number of amides is 1. The maximum absolute atomic E-state index is 13.0. The van der Waals surface area contributed by atoms with E-state index in [0.717, 1.165) is 5.56 Å². The molecule has 1 amide bonds. The molecule has 1 saturated heterocycles. The second-order valence-electron chi connectivity index (χ2n) is 6.31. The van der Waals surface area contributed by atoms with Crippen LogP contribution in [0.15, 0.2) is 42.6 Å². The molecule has 1 atom stereocenters. The molecular formula is C18H19FN2O3S. The maximum Gasteiger partial charge on any atom is 0.253 e. The van der Waals surface area contributed by atoms with Crippen LogP contribution in [0.25, 0.3) is 0 Å². The Morgan fingerprint density at radius 1 is 1.28 bits per heavy atom. The fourth-order valence-corrected chi connectivity index (χ4v) is 4.74. The van der Waals surface area contributed by atoms with Gasteiger partial charge in [0.1, 0.15) is 5.82 Å². The van der Waals surface area contributed by atoms with Gasteiger partial charge in [0.05, 0.1) is 11.5 Å². The van der Waals surface area contributed by atoms with Crippen molar-refractivity contribution in [3.05, 3.63) is 65.2 Å². The Kier molecular flexibility index (Phi) is 4.85. The highest BCUT2D eigenvalue weighted by molar-refractivity contribution is 7.91. The third-order valence-electron chi connectivity index (χ3n) is 4.44. The summed E-state index contributed by atoms with van der Waals surface area (Å²) in [5.41, 5.74) is 2.07. The van der Waals surface area contributed by atoms with Crippen LogP contribution in [-0.2, 0) is 16.3 Å². The van der Waals surface area contributed by atoms with Gasteiger partial charge in [0.15, 0.2) is 9.84 Å². The normalized spacial score (nSPS) is 18.9. The van der Waals surface area contributed by atoms with Gasteiger partial charge in [-0.25, -0.2) is 12.8 Å². The second kappa shape index (κ2) is 6.92. The number of sulfone groups is 1. The summed E-state index contributed by atoms with van der Waals surface area (Å²) in [6.07, 6.45) is 2.52. The molecule has 2 aromatic rings. The largest absolute Gasteiger partial charge is 0.338 e. The molecule has 0 radical (unpaired) electrons. The third-order valence-corrected chi connectivity index (χ3v) is 6.19. The van der Waals surface area contributed by atoms with Crippen molar-refractivity contribution in [1.82, 2.24) is 9.88 Å². The average molecular weight is 362 g/mol. The lowest BCUT2D eigenvalue weighted by molar-refractivity contribution is 0.0747. The van der Waals surface area contributed by atoms with E-state index in [1.165, 1.54) is 17.0 Å². The molecule has 7 heteroatoms. The summed E-state index contributed by atoms with van der Waals surface area (Å²) in [6, 6.07) is 9.17. The molecule has 0 saturated carbocycles. The number of pyridine rings is 1. The minimum absolute atomic E-state index is 0.0166. The number of benzene rings is 1. The predicted molar refractivity (Wildman–Crippen MR) is 92.6 cm³/mol. The summed E-state index contributed by atoms with van der Waals surface area (Å²) in [5, 5.41) is 0. The summed E-state index contributed by atoms with van der Waals surface area (Å²) in [6.45, 7) is 0. The molecule has 3 rings (SSSR count). The summed E-state index contributed by atoms with van der Waals surface area (Å²) in [5.74, 6) is -0.372. The Hall–Kier alpha value is -2.28. The SMILES string of the molecule is CN(C(=O)c1ccnc(Cc2ccc(F)cc2)c1)[C@H]1CCS(=O)(=O)C1. The van der Waals surface area contributed by atoms with Crippen molar-refractivity contribution in [3.63, 3.8) is 0 Å². The molecule has 1 aliphatic heterocycles. The first-order chi connectivity index (χ1) is 11.8. The number of rotatable bonds is 4. The second-order valence-corrected chi connectivity index (χ2v) is 8.54. The van der Waals surface area contributed by atoms with Gasteiger partial charge >= 0.3 is 0 Å². The van der Waals surface area contributed by atoms with Crippen molar-refractivity contribution in [3.8, 4) is 0 Å². The molecule has 5 nitrogen and oxygen atoms in total. The van der Waals surface area contributed by atoms with Crippen molar-refractivity contribution in [2.24, 2.45) is 0 Å². The zero-order chi connectivity index (χ0) is 18.0. The van der Waals surface area contributed by atoms with Crippen LogP contribution >= 0.6 is 0 Å². The lowest BCUT2D eigenvalue weighted by Gasteiger charge is -2.23. The van der Waals surface area contributed by atoms with Gasteiger partial charge in [-0.2, -0.15) is 0 Å². The van der Waals surface area contributed by atoms with Crippen LogP contribution < -0.4 is 0 Å². The smallest absolute Gasteiger partial charge is 0.253 e. The minimum Gasteiger partial charge on any atom is -0.338 e. The Morgan fingerprint density at radius 2 is 2.00 bits per heavy atom. The highest BCUT2D eigenvalue weighted by atomic mass is 32.2. The monoisotopic (exact) mass is 362 g/mol. The highest BCUT2D eigenvalue weighted by Crippen LogP contribution is 2.19. The first kappa shape index (κ1) is 17.5. The van der Waals surface area contributed by atoms with Crippen molar-refractivity contribution < 1.29 is 17.6 Å². The maximum atomic E-state index is 13.0. The van der Waals surface area contributed by atoms with E-state index in [9.17, 15) is 17.6 Å². The zero-order valence-electron chi connectivity index (χ0n) is 13.9. The van der Waals surface area contributed by atoms with Gasteiger partial charge in [0, 0.05) is 37.0 Å². The third kappa shape index (κ3) is 4.22. The molecule has 0 aliphatic carbocycles. The quantitative estimate of drug-likeness (QED) is 0.835. The van der Waals surface area contributed by atoms with Gasteiger partial charge in [0.2, 0.25) is 0 Å². The predicted octanol–water partition coefficient (Wildman–Crippen LogP) is 2.07. The number of nitrogens with zero attached hydrogens (tertiary/aromatic N) is 2. The van der Waals surface area contributed by atoms with E-state index < -0.39 is 9.84 Å². The fourth-order valence-electron chi connectivity index (χ4n) is 2.97. The van der Waals surface area contributed by atoms with E-state index in [4.69, 9.17) is 0 Å². The summed E-state index contributed by atoms with van der Waals surface area (Å²) in [4.78, 5) is 18.4. The number of aromatic nitrogens is 1. The first-order valence-corrected chi connectivity index (χ1v) is 9.83. The molecule has 0 unspecified atom stereocenters. The highest BCUT2D eigenvalue weighted by Gasteiger charge is 2.33. The number of hydrogen-bond acceptors (Lipinski definition) is 4. The van der Waals surface area contributed by atoms with Crippen LogP contribution in [0.4, 0.5) is 4.39 Å². The van der Waals surface area contributed by atoms with Crippen LogP contribution in [0.5, 0.6) is 0 Å². The van der Waals surface area contributed by atoms with E-state index in [-0.39, 0.29) is 29.3 Å². The first-order valence-electron chi connectivity index (χ1n) is 8.01. The molecule has 132 valence electrons. The van der Waals surface area contributed by atoms with Crippen molar-refractivity contribution in [2.75, 3.05) is 18.6 Å². The number of hydrogen-bond donors (Lipinski definition) is 0. The van der Waals surface area contributed by atoms with E-state index in [1.807, 2.05) is 0 Å². The van der Waals surface area contributed by atoms with Crippen LogP contribution in [0.1, 0.15) is 28.0 Å². The summed E-state index contributed by atoms with van der Waals surface area (Å²) < 4.78 is 36.2. The molecule has 1 aromatic heterocycles. The van der Waals surface area contributed by atoms with Gasteiger partial charge in [-0.15, -0.1) is 0 Å². The number of halogens is 1. The number of carbonyl (C=O) groups excluding carboxylic acids is 1. The Labute approximate surface area is 146 Å². The van der Waals surface area contributed by atoms with Crippen molar-refractivity contribution in [1.29, 1.82) is 0 Å². The van der Waals surface area contributed by atoms with Crippen molar-refractivity contribution in [2.45, 2.75) is 18.9 Å². The molecule has 0 spiro atoms. The minimum atomic E-state index is -3.05. The zero-order valence-corrected chi connectivity index (χ0v) is 14.7. The summed E-state index contributed by atoms with van der Waals surface area (Å²) >= 11 is 0. The molecule has 1 aliphatic rings. The lowest BCUT2D eigenvalue weighted by Crippen LogP contribution is -2.37. The Balaban J connectivity index is 1.74. The molecule has 1 aromatic carbocycles. The molecule has 1 fully saturated rings. The summed E-state index contributed by atoms with van der Waals surface area (Å²) in [7, 11) is -1.41. The molecular weight excluding hydrogens is 343 g/mol.